The van der Waals surface area contributed by atoms with Crippen molar-refractivity contribution in [1.29, 1.82) is 0 Å². The number of carbonyl (C=O) groups is 2. The molecule has 1 fully saturated rings. The average Bonchev–Trinajstić information content (AvgIpc) is 3.21. The Morgan fingerprint density at radius 3 is 2.50 bits per heavy atom. The number of rotatable bonds is 6. The van der Waals surface area contributed by atoms with Crippen LogP contribution in [-0.2, 0) is 4.79 Å². The maximum absolute atomic E-state index is 12.9. The number of nitrogens with zero attached hydrogens (tertiary/aromatic N) is 2. The highest BCUT2D eigenvalue weighted by Crippen LogP contribution is 2.28. The lowest BCUT2D eigenvalue weighted by atomic mass is 9.93. The smallest absolute Gasteiger partial charge is 0.342 e. The number of alkyl halides is 3. The van der Waals surface area contributed by atoms with E-state index >= 15 is 0 Å². The molecule has 1 aliphatic heterocycles. The highest BCUT2D eigenvalue weighted by molar-refractivity contribution is 8.00. The van der Waals surface area contributed by atoms with Gasteiger partial charge in [-0.3, -0.25) is 14.7 Å². The van der Waals surface area contributed by atoms with E-state index in [0.717, 1.165) is 4.90 Å². The molecule has 1 aromatic carbocycles. The van der Waals surface area contributed by atoms with Crippen LogP contribution in [0.25, 0.3) is 0 Å². The van der Waals surface area contributed by atoms with E-state index in [1.54, 1.807) is 22.3 Å². The third kappa shape index (κ3) is 6.22. The van der Waals surface area contributed by atoms with Crippen molar-refractivity contribution in [3.8, 4) is 0 Å². The second-order valence-electron chi connectivity index (χ2n) is 6.90. The lowest BCUT2D eigenvalue weighted by Gasteiger charge is -2.31. The van der Waals surface area contributed by atoms with Gasteiger partial charge in [-0.1, -0.05) is 0 Å². The number of hydrogen-bond acceptors (Lipinski definition) is 4. The number of benzene rings is 1. The standard InChI is InChI=1S/C19H20F4N4O2S/c20-13-1-3-14(4-2-13)30-10-17(28)27-7-5-12(6-8-27)15-9-16(26-25-15)18(29)24-11-19(21,22)23/h1-4,9,12H,5-8,10-11H2,(H,24,29)(H,25,26). The van der Waals surface area contributed by atoms with Gasteiger partial charge < -0.3 is 10.2 Å². The normalized spacial score (nSPS) is 15.3. The molecule has 0 spiro atoms. The highest BCUT2D eigenvalue weighted by atomic mass is 32.2. The van der Waals surface area contributed by atoms with E-state index in [1.165, 1.54) is 30.0 Å². The molecule has 30 heavy (non-hydrogen) atoms. The first-order valence-corrected chi connectivity index (χ1v) is 10.3. The fraction of sp³-hybridized carbons (Fsp3) is 0.421. The van der Waals surface area contributed by atoms with Gasteiger partial charge in [-0.25, -0.2) is 4.39 Å². The van der Waals surface area contributed by atoms with Gasteiger partial charge in [-0.15, -0.1) is 11.8 Å². The number of aromatic nitrogens is 2. The number of carbonyl (C=O) groups excluding carboxylic acids is 2. The Morgan fingerprint density at radius 2 is 1.87 bits per heavy atom. The molecular formula is C19H20F4N4O2S. The van der Waals surface area contributed by atoms with Gasteiger partial charge >= 0.3 is 6.18 Å². The lowest BCUT2D eigenvalue weighted by molar-refractivity contribution is -0.129. The number of aromatic amines is 1. The SMILES string of the molecule is O=C(NCC(F)(F)F)c1cc(C2CCN(C(=O)CSc3ccc(F)cc3)CC2)[nH]n1. The van der Waals surface area contributed by atoms with E-state index in [9.17, 15) is 27.2 Å². The molecule has 1 aromatic heterocycles. The van der Waals surface area contributed by atoms with E-state index in [-0.39, 0.29) is 29.1 Å². The Balaban J connectivity index is 1.46. The minimum absolute atomic E-state index is 0.0143. The minimum Gasteiger partial charge on any atom is -0.342 e. The van der Waals surface area contributed by atoms with Crippen LogP contribution in [0.15, 0.2) is 35.2 Å². The molecule has 162 valence electrons. The van der Waals surface area contributed by atoms with Crippen molar-refractivity contribution in [3.63, 3.8) is 0 Å². The van der Waals surface area contributed by atoms with Gasteiger partial charge in [0.1, 0.15) is 18.1 Å². The fourth-order valence-corrected chi connectivity index (χ4v) is 3.94. The van der Waals surface area contributed by atoms with Crippen molar-refractivity contribution in [1.82, 2.24) is 20.4 Å². The first-order chi connectivity index (χ1) is 14.2. The second-order valence-corrected chi connectivity index (χ2v) is 7.95. The Morgan fingerprint density at radius 1 is 1.20 bits per heavy atom. The third-order valence-corrected chi connectivity index (χ3v) is 5.74. The monoisotopic (exact) mass is 444 g/mol. The fourth-order valence-electron chi connectivity index (χ4n) is 3.14. The van der Waals surface area contributed by atoms with Crippen LogP contribution >= 0.6 is 11.8 Å². The van der Waals surface area contributed by atoms with Crippen LogP contribution in [0.2, 0.25) is 0 Å². The Hall–Kier alpha value is -2.56. The summed E-state index contributed by atoms with van der Waals surface area (Å²) in [7, 11) is 0. The van der Waals surface area contributed by atoms with Crippen molar-refractivity contribution in [3.05, 3.63) is 47.5 Å². The largest absolute Gasteiger partial charge is 0.405 e. The molecule has 0 atom stereocenters. The average molecular weight is 444 g/mol. The second kappa shape index (κ2) is 9.50. The van der Waals surface area contributed by atoms with E-state index in [4.69, 9.17) is 0 Å². The number of likely N-dealkylation sites (tertiary alicyclic amines) is 1. The van der Waals surface area contributed by atoms with Crippen molar-refractivity contribution in [2.45, 2.75) is 29.8 Å². The van der Waals surface area contributed by atoms with Crippen molar-refractivity contribution < 1.29 is 27.2 Å². The molecule has 11 heteroatoms. The van der Waals surface area contributed by atoms with Gasteiger partial charge in [-0.2, -0.15) is 18.3 Å². The highest BCUT2D eigenvalue weighted by Gasteiger charge is 2.29. The summed E-state index contributed by atoms with van der Waals surface area (Å²) in [6, 6.07) is 7.40. The molecule has 1 aliphatic rings. The molecule has 2 amide bonds. The van der Waals surface area contributed by atoms with Gasteiger partial charge in [0.05, 0.1) is 5.75 Å². The molecule has 2 N–H and O–H groups in total. The first kappa shape index (κ1) is 22.1. The summed E-state index contributed by atoms with van der Waals surface area (Å²) in [5, 5.41) is 8.30. The number of piperidine rings is 1. The minimum atomic E-state index is -4.48. The zero-order valence-corrected chi connectivity index (χ0v) is 16.7. The summed E-state index contributed by atoms with van der Waals surface area (Å²) in [6.45, 7) is -0.353. The Kier molecular flexibility index (Phi) is 7.01. The van der Waals surface area contributed by atoms with E-state index < -0.39 is 18.6 Å². The van der Waals surface area contributed by atoms with Crippen LogP contribution in [0.4, 0.5) is 17.6 Å². The molecule has 0 aliphatic carbocycles. The Bertz CT molecular complexity index is 877. The first-order valence-electron chi connectivity index (χ1n) is 9.27. The molecule has 2 heterocycles. The van der Waals surface area contributed by atoms with Crippen LogP contribution in [-0.4, -0.2) is 58.5 Å². The maximum Gasteiger partial charge on any atom is 0.405 e. The van der Waals surface area contributed by atoms with Crippen LogP contribution in [0, 0.1) is 5.82 Å². The van der Waals surface area contributed by atoms with E-state index in [1.807, 2.05) is 0 Å². The zero-order valence-electron chi connectivity index (χ0n) is 15.8. The number of hydrogen-bond donors (Lipinski definition) is 2. The van der Waals surface area contributed by atoms with Gasteiger partial charge in [0.15, 0.2) is 0 Å². The van der Waals surface area contributed by atoms with Gasteiger partial charge in [0.2, 0.25) is 5.91 Å². The maximum atomic E-state index is 12.9. The van der Waals surface area contributed by atoms with Gasteiger partial charge in [0, 0.05) is 29.6 Å². The molecule has 2 aromatic rings. The van der Waals surface area contributed by atoms with Crippen LogP contribution < -0.4 is 5.32 Å². The van der Waals surface area contributed by atoms with Crippen molar-refractivity contribution in [2.75, 3.05) is 25.4 Å². The molecule has 0 unspecified atom stereocenters. The predicted octanol–water partition coefficient (Wildman–Crippen LogP) is 3.34. The predicted molar refractivity (Wildman–Crippen MR) is 103 cm³/mol. The molecule has 1 saturated heterocycles. The molecule has 3 rings (SSSR count). The number of H-pyrrole nitrogens is 1. The summed E-state index contributed by atoms with van der Waals surface area (Å²) in [6.07, 6.45) is -3.18. The zero-order chi connectivity index (χ0) is 21.7. The van der Waals surface area contributed by atoms with E-state index in [2.05, 4.69) is 10.2 Å². The van der Waals surface area contributed by atoms with E-state index in [0.29, 0.717) is 31.6 Å². The number of thioether (sulfide) groups is 1. The summed E-state index contributed by atoms with van der Waals surface area (Å²) >= 11 is 1.34. The van der Waals surface area contributed by atoms with Crippen molar-refractivity contribution in [2.24, 2.45) is 0 Å². The lowest BCUT2D eigenvalue weighted by Crippen LogP contribution is -2.39. The van der Waals surface area contributed by atoms with Crippen LogP contribution in [0.5, 0.6) is 0 Å². The molecule has 0 radical (unpaired) electrons. The molecular weight excluding hydrogens is 424 g/mol. The third-order valence-electron chi connectivity index (χ3n) is 4.74. The quantitative estimate of drug-likeness (QED) is 0.529. The van der Waals surface area contributed by atoms with Crippen molar-refractivity contribution >= 4 is 23.6 Å². The summed E-state index contributed by atoms with van der Waals surface area (Å²) < 4.78 is 49.5. The van der Waals surface area contributed by atoms with Crippen LogP contribution in [0.1, 0.15) is 34.9 Å². The summed E-state index contributed by atoms with van der Waals surface area (Å²) in [5.74, 6) is -0.938. The summed E-state index contributed by atoms with van der Waals surface area (Å²) in [5.41, 5.74) is 0.573. The van der Waals surface area contributed by atoms with Gasteiger partial charge in [-0.05, 0) is 43.2 Å². The molecule has 6 nitrogen and oxygen atoms in total. The number of halogens is 4. The Labute approximate surface area is 174 Å². The summed E-state index contributed by atoms with van der Waals surface area (Å²) in [4.78, 5) is 26.7. The topological polar surface area (TPSA) is 78.1 Å². The molecule has 0 saturated carbocycles. The van der Waals surface area contributed by atoms with Crippen LogP contribution in [0.3, 0.4) is 0 Å². The molecule has 0 bridgehead atoms. The number of nitrogens with one attached hydrogen (secondary N) is 2. The number of amides is 2. The van der Waals surface area contributed by atoms with Gasteiger partial charge in [0.25, 0.3) is 5.91 Å².